The lowest BCUT2D eigenvalue weighted by Gasteiger charge is -2.32. The number of carbonyl (C=O) groups is 2. The summed E-state index contributed by atoms with van der Waals surface area (Å²) in [5.41, 5.74) is 1.03. The van der Waals surface area contributed by atoms with Crippen LogP contribution in [0.15, 0.2) is 71.6 Å². The number of halogens is 3. The zero-order valence-corrected chi connectivity index (χ0v) is 24.3. The Kier molecular flexibility index (Phi) is 9.98. The Hall–Kier alpha value is -3.14. The number of para-hydroxylation sites is 1. The van der Waals surface area contributed by atoms with Crippen LogP contribution in [0, 0.1) is 12.7 Å². The van der Waals surface area contributed by atoms with E-state index in [-0.39, 0.29) is 28.2 Å². The van der Waals surface area contributed by atoms with Crippen LogP contribution >= 0.6 is 23.2 Å². The molecule has 0 aliphatic rings. The number of hydrogen-bond acceptors (Lipinski definition) is 4. The van der Waals surface area contributed by atoms with Gasteiger partial charge in [0.15, 0.2) is 0 Å². The van der Waals surface area contributed by atoms with Crippen LogP contribution in [0.5, 0.6) is 0 Å². The molecule has 3 aromatic rings. The Morgan fingerprint density at radius 3 is 2.21 bits per heavy atom. The molecule has 0 aliphatic carbocycles. The van der Waals surface area contributed by atoms with E-state index in [4.69, 9.17) is 23.2 Å². The highest BCUT2D eigenvalue weighted by Gasteiger charge is 2.34. The number of carbonyl (C=O) groups excluding carboxylic acids is 2. The number of sulfonamides is 1. The van der Waals surface area contributed by atoms with Gasteiger partial charge >= 0.3 is 0 Å². The fraction of sp³-hybridized carbons (Fsp3) is 0.286. The van der Waals surface area contributed by atoms with Gasteiger partial charge in [-0.1, -0.05) is 59.1 Å². The molecule has 7 nitrogen and oxygen atoms in total. The van der Waals surface area contributed by atoms with Crippen LogP contribution < -0.4 is 9.62 Å². The molecule has 3 aromatic carbocycles. The summed E-state index contributed by atoms with van der Waals surface area (Å²) in [4.78, 5) is 27.9. The maximum absolute atomic E-state index is 14.9. The molecule has 1 atom stereocenters. The van der Waals surface area contributed by atoms with Crippen LogP contribution in [0.2, 0.25) is 10.0 Å². The Morgan fingerprint density at radius 2 is 1.62 bits per heavy atom. The largest absolute Gasteiger partial charge is 0.352 e. The Bertz CT molecular complexity index is 1450. The van der Waals surface area contributed by atoms with Crippen molar-refractivity contribution in [1.29, 1.82) is 0 Å². The van der Waals surface area contributed by atoms with Crippen LogP contribution in [0.1, 0.15) is 31.9 Å². The quantitative estimate of drug-likeness (QED) is 0.332. The van der Waals surface area contributed by atoms with Crippen molar-refractivity contribution in [2.75, 3.05) is 10.8 Å². The monoisotopic (exact) mass is 593 g/mol. The second-order valence-electron chi connectivity index (χ2n) is 9.37. The smallest absolute Gasteiger partial charge is 0.264 e. The van der Waals surface area contributed by atoms with Gasteiger partial charge < -0.3 is 10.2 Å². The molecular formula is C28H30Cl2FN3O4S. The van der Waals surface area contributed by atoms with Gasteiger partial charge in [0.05, 0.1) is 10.6 Å². The van der Waals surface area contributed by atoms with Crippen LogP contribution in [0.3, 0.4) is 0 Å². The highest BCUT2D eigenvalue weighted by Crippen LogP contribution is 2.28. The number of amides is 2. The zero-order chi connectivity index (χ0) is 28.9. The molecule has 0 saturated carbocycles. The van der Waals surface area contributed by atoms with E-state index in [9.17, 15) is 22.4 Å². The van der Waals surface area contributed by atoms with Crippen LogP contribution in [0.4, 0.5) is 10.1 Å². The van der Waals surface area contributed by atoms with Gasteiger partial charge in [-0.15, -0.1) is 0 Å². The molecule has 0 spiro atoms. The van der Waals surface area contributed by atoms with E-state index in [0.717, 1.165) is 15.9 Å². The number of aryl methyl sites for hydroxylation is 1. The molecule has 0 aliphatic heterocycles. The van der Waals surface area contributed by atoms with Crippen molar-refractivity contribution in [1.82, 2.24) is 10.2 Å². The van der Waals surface area contributed by atoms with Crippen molar-refractivity contribution in [2.24, 2.45) is 0 Å². The average Bonchev–Trinajstić information content (AvgIpc) is 2.86. The highest BCUT2D eigenvalue weighted by molar-refractivity contribution is 7.92. The topological polar surface area (TPSA) is 86.8 Å². The molecule has 39 heavy (non-hydrogen) atoms. The second-order valence-corrected chi connectivity index (χ2v) is 12.1. The van der Waals surface area contributed by atoms with Crippen LogP contribution in [-0.2, 0) is 26.2 Å². The lowest BCUT2D eigenvalue weighted by molar-refractivity contribution is -0.139. The van der Waals surface area contributed by atoms with E-state index in [2.05, 4.69) is 5.32 Å². The highest BCUT2D eigenvalue weighted by atomic mass is 35.5. The number of nitrogens with zero attached hydrogens (tertiary/aromatic N) is 2. The van der Waals surface area contributed by atoms with E-state index >= 15 is 0 Å². The number of benzene rings is 3. The first kappa shape index (κ1) is 30.4. The van der Waals surface area contributed by atoms with Crippen LogP contribution in [-0.4, -0.2) is 43.8 Å². The summed E-state index contributed by atoms with van der Waals surface area (Å²) >= 11 is 12.4. The van der Waals surface area contributed by atoms with Crippen molar-refractivity contribution < 1.29 is 22.4 Å². The van der Waals surface area contributed by atoms with Crippen molar-refractivity contribution in [3.63, 3.8) is 0 Å². The lowest BCUT2D eigenvalue weighted by Crippen LogP contribution is -2.52. The van der Waals surface area contributed by atoms with E-state index in [1.54, 1.807) is 45.0 Å². The normalized spacial score (nSPS) is 12.2. The summed E-state index contributed by atoms with van der Waals surface area (Å²) in [6.45, 7) is 6.01. The maximum atomic E-state index is 14.9. The summed E-state index contributed by atoms with van der Waals surface area (Å²) in [6.07, 6.45) is 0. The molecule has 0 bridgehead atoms. The molecular weight excluding hydrogens is 564 g/mol. The molecule has 2 amide bonds. The fourth-order valence-electron chi connectivity index (χ4n) is 3.83. The first-order valence-electron chi connectivity index (χ1n) is 12.2. The minimum Gasteiger partial charge on any atom is -0.352 e. The van der Waals surface area contributed by atoms with Gasteiger partial charge in [-0.05, 0) is 69.7 Å². The van der Waals surface area contributed by atoms with Gasteiger partial charge in [0.1, 0.15) is 18.4 Å². The molecule has 3 rings (SSSR count). The molecule has 0 aromatic heterocycles. The van der Waals surface area contributed by atoms with E-state index in [1.165, 1.54) is 48.2 Å². The second kappa shape index (κ2) is 12.8. The van der Waals surface area contributed by atoms with Gasteiger partial charge in [0, 0.05) is 22.6 Å². The predicted octanol–water partition coefficient (Wildman–Crippen LogP) is 5.58. The maximum Gasteiger partial charge on any atom is 0.264 e. The Labute approximate surface area is 238 Å². The first-order chi connectivity index (χ1) is 18.3. The molecule has 1 N–H and O–H groups in total. The summed E-state index contributed by atoms with van der Waals surface area (Å²) in [7, 11) is -4.37. The van der Waals surface area contributed by atoms with Gasteiger partial charge in [0.25, 0.3) is 10.0 Å². The summed E-state index contributed by atoms with van der Waals surface area (Å²) in [5.74, 6) is -1.99. The molecule has 208 valence electrons. The number of nitrogens with one attached hydrogen (secondary N) is 1. The van der Waals surface area contributed by atoms with E-state index in [0.29, 0.717) is 10.6 Å². The Balaban J connectivity index is 2.06. The van der Waals surface area contributed by atoms with E-state index < -0.39 is 40.2 Å². The fourth-order valence-corrected chi connectivity index (χ4v) is 5.72. The number of hydrogen-bond donors (Lipinski definition) is 1. The van der Waals surface area contributed by atoms with Gasteiger partial charge in [-0.2, -0.15) is 0 Å². The summed E-state index contributed by atoms with van der Waals surface area (Å²) < 4.78 is 43.1. The molecule has 0 heterocycles. The summed E-state index contributed by atoms with van der Waals surface area (Å²) in [5, 5.41) is 3.43. The van der Waals surface area contributed by atoms with Crippen LogP contribution in [0.25, 0.3) is 0 Å². The third-order valence-corrected chi connectivity index (χ3v) is 8.32. The van der Waals surface area contributed by atoms with Gasteiger partial charge in [-0.25, -0.2) is 12.8 Å². The third kappa shape index (κ3) is 7.50. The SMILES string of the molecule is Cc1ccc(S(=O)(=O)N(CC(=O)N(Cc2ccc(Cl)cc2Cl)[C@H](C)C(=O)NC(C)C)c2ccccc2F)cc1. The minimum atomic E-state index is -4.37. The van der Waals surface area contributed by atoms with Gasteiger partial charge in [-0.3, -0.25) is 13.9 Å². The van der Waals surface area contributed by atoms with Crippen molar-refractivity contribution >= 4 is 50.7 Å². The predicted molar refractivity (Wildman–Crippen MR) is 152 cm³/mol. The molecule has 0 unspecified atom stereocenters. The zero-order valence-electron chi connectivity index (χ0n) is 22.0. The number of anilines is 1. The molecule has 11 heteroatoms. The molecule has 0 saturated heterocycles. The minimum absolute atomic E-state index is 0.109. The standard InChI is InChI=1S/C28H30Cl2FN3O4S/c1-18(2)32-28(36)20(4)33(16-21-11-12-22(29)15-24(21)30)27(35)17-34(26-8-6-5-7-25(26)31)39(37,38)23-13-9-19(3)10-14-23/h5-15,18,20H,16-17H2,1-4H3,(H,32,36)/t20-/m1/s1. The third-order valence-electron chi connectivity index (χ3n) is 5.96. The van der Waals surface area contributed by atoms with E-state index in [1.807, 2.05) is 0 Å². The van der Waals surface area contributed by atoms with Crippen molar-refractivity contribution in [2.45, 2.75) is 51.2 Å². The Morgan fingerprint density at radius 1 is 0.974 bits per heavy atom. The average molecular weight is 595 g/mol. The summed E-state index contributed by atoms with van der Waals surface area (Å²) in [6, 6.07) is 14.8. The number of rotatable bonds is 10. The van der Waals surface area contributed by atoms with Gasteiger partial charge in [0.2, 0.25) is 11.8 Å². The first-order valence-corrected chi connectivity index (χ1v) is 14.4. The lowest BCUT2D eigenvalue weighted by atomic mass is 10.1. The molecule has 0 radical (unpaired) electrons. The molecule has 0 fully saturated rings. The van der Waals surface area contributed by atoms with Crippen molar-refractivity contribution in [3.8, 4) is 0 Å². The van der Waals surface area contributed by atoms with Crippen molar-refractivity contribution in [3.05, 3.63) is 93.7 Å².